The monoisotopic (exact) mass is 359 g/mol. The predicted octanol–water partition coefficient (Wildman–Crippen LogP) is 4.34. The minimum atomic E-state index is 0.189. The normalized spacial score (nSPS) is 20.8. The number of hydrogen-bond donors (Lipinski definition) is 0. The van der Waals surface area contributed by atoms with Crippen LogP contribution in [0.1, 0.15) is 49.4 Å². The average molecular weight is 359 g/mol. The second-order valence-corrected chi connectivity index (χ2v) is 7.92. The fourth-order valence-corrected chi connectivity index (χ4v) is 4.81. The van der Waals surface area contributed by atoms with Gasteiger partial charge in [0, 0.05) is 31.5 Å². The number of aromatic nitrogens is 2. The van der Waals surface area contributed by atoms with Gasteiger partial charge in [-0.05, 0) is 30.5 Å². The van der Waals surface area contributed by atoms with Gasteiger partial charge in [-0.25, -0.2) is 4.98 Å². The van der Waals surface area contributed by atoms with Gasteiger partial charge in [-0.3, -0.25) is 4.79 Å². The number of benzene rings is 2. The molecule has 4 nitrogen and oxygen atoms in total. The lowest BCUT2D eigenvalue weighted by Crippen LogP contribution is -2.34. The number of likely N-dealkylation sites (tertiary alicyclic amines) is 1. The topological polar surface area (TPSA) is 38.1 Å². The lowest BCUT2D eigenvalue weighted by atomic mass is 10.1. The summed E-state index contributed by atoms with van der Waals surface area (Å²) in [4.78, 5) is 19.8. The van der Waals surface area contributed by atoms with Crippen molar-refractivity contribution in [1.82, 2.24) is 14.5 Å². The van der Waals surface area contributed by atoms with Crippen molar-refractivity contribution in [2.24, 2.45) is 0 Å². The number of rotatable bonds is 4. The van der Waals surface area contributed by atoms with Crippen LogP contribution in [0.15, 0.2) is 54.6 Å². The van der Waals surface area contributed by atoms with E-state index in [0.717, 1.165) is 29.9 Å². The maximum atomic E-state index is 12.7. The summed E-state index contributed by atoms with van der Waals surface area (Å²) in [5.74, 6) is 1.56. The second-order valence-electron chi connectivity index (χ2n) is 7.92. The molecule has 2 heterocycles. The summed E-state index contributed by atoms with van der Waals surface area (Å²) >= 11 is 0. The van der Waals surface area contributed by atoms with Crippen molar-refractivity contribution in [3.05, 3.63) is 66.0 Å². The van der Waals surface area contributed by atoms with E-state index in [4.69, 9.17) is 4.98 Å². The molecule has 1 unspecified atom stereocenters. The van der Waals surface area contributed by atoms with Crippen molar-refractivity contribution >= 4 is 16.9 Å². The van der Waals surface area contributed by atoms with E-state index in [2.05, 4.69) is 51.9 Å². The summed E-state index contributed by atoms with van der Waals surface area (Å²) < 4.78 is 2.32. The quantitative estimate of drug-likeness (QED) is 0.695. The van der Waals surface area contributed by atoms with Gasteiger partial charge in [-0.1, -0.05) is 55.3 Å². The molecule has 2 aromatic carbocycles. The van der Waals surface area contributed by atoms with Gasteiger partial charge in [0.25, 0.3) is 0 Å². The smallest absolute Gasteiger partial charge is 0.223 e. The Kier molecular flexibility index (Phi) is 4.19. The van der Waals surface area contributed by atoms with E-state index in [-0.39, 0.29) is 5.92 Å². The van der Waals surface area contributed by atoms with Crippen molar-refractivity contribution in [3.8, 4) is 0 Å². The maximum Gasteiger partial charge on any atom is 0.223 e. The Balaban J connectivity index is 1.51. The molecule has 2 aliphatic rings. The number of imidazole rings is 1. The lowest BCUT2D eigenvalue weighted by Gasteiger charge is -2.24. The Morgan fingerprint density at radius 1 is 0.963 bits per heavy atom. The molecule has 1 aromatic heterocycles. The minimum absolute atomic E-state index is 0.189. The van der Waals surface area contributed by atoms with Crippen LogP contribution < -0.4 is 0 Å². The van der Waals surface area contributed by atoms with Crippen LogP contribution in [0.2, 0.25) is 0 Å². The Labute approximate surface area is 159 Å². The van der Waals surface area contributed by atoms with E-state index < -0.39 is 0 Å². The van der Waals surface area contributed by atoms with Gasteiger partial charge in [0.15, 0.2) is 0 Å². The fourth-order valence-electron chi connectivity index (χ4n) is 4.81. The molecule has 4 heteroatoms. The summed E-state index contributed by atoms with van der Waals surface area (Å²) in [6, 6.07) is 19.3. The SMILES string of the molecule is O=C1CC(c2nc3ccccc3n2Cc2ccccc2)CN1C1CCCC1. The van der Waals surface area contributed by atoms with Crippen molar-refractivity contribution in [1.29, 1.82) is 0 Å². The minimum Gasteiger partial charge on any atom is -0.339 e. The van der Waals surface area contributed by atoms with Crippen LogP contribution in [-0.2, 0) is 11.3 Å². The number of carbonyl (C=O) groups is 1. The van der Waals surface area contributed by atoms with Crippen LogP contribution >= 0.6 is 0 Å². The van der Waals surface area contributed by atoms with E-state index in [1.54, 1.807) is 0 Å². The average Bonchev–Trinajstić information content (AvgIpc) is 3.42. The first-order chi connectivity index (χ1) is 13.3. The molecule has 1 atom stereocenters. The van der Waals surface area contributed by atoms with E-state index in [0.29, 0.717) is 18.4 Å². The summed E-state index contributed by atoms with van der Waals surface area (Å²) in [6.07, 6.45) is 5.43. The van der Waals surface area contributed by atoms with Gasteiger partial charge in [0.05, 0.1) is 11.0 Å². The molecule has 1 amide bonds. The third-order valence-corrected chi connectivity index (χ3v) is 6.16. The molecule has 1 aliphatic carbocycles. The van der Waals surface area contributed by atoms with Crippen LogP contribution in [0.5, 0.6) is 0 Å². The van der Waals surface area contributed by atoms with Crippen molar-refractivity contribution < 1.29 is 4.79 Å². The van der Waals surface area contributed by atoms with Crippen LogP contribution in [0.4, 0.5) is 0 Å². The fraction of sp³-hybridized carbons (Fsp3) is 0.391. The number of amides is 1. The molecule has 0 N–H and O–H groups in total. The highest BCUT2D eigenvalue weighted by molar-refractivity contribution is 5.81. The van der Waals surface area contributed by atoms with Crippen molar-refractivity contribution in [2.75, 3.05) is 6.54 Å². The lowest BCUT2D eigenvalue weighted by molar-refractivity contribution is -0.129. The Bertz CT molecular complexity index is 956. The van der Waals surface area contributed by atoms with Gasteiger partial charge in [-0.15, -0.1) is 0 Å². The molecule has 3 aromatic rings. The molecular formula is C23H25N3O. The molecular weight excluding hydrogens is 334 g/mol. The standard InChI is InChI=1S/C23H25N3O/c27-22-14-18(16-25(22)19-10-4-5-11-19)23-24-20-12-6-7-13-21(20)26(23)15-17-8-2-1-3-9-17/h1-3,6-9,12-13,18-19H,4-5,10-11,14-16H2. The van der Waals surface area contributed by atoms with Gasteiger partial charge in [0.2, 0.25) is 5.91 Å². The van der Waals surface area contributed by atoms with Gasteiger partial charge < -0.3 is 9.47 Å². The zero-order chi connectivity index (χ0) is 18.2. The molecule has 0 bridgehead atoms. The van der Waals surface area contributed by atoms with Crippen LogP contribution in [0.3, 0.4) is 0 Å². The van der Waals surface area contributed by atoms with Crippen LogP contribution in [0, 0.1) is 0 Å². The maximum absolute atomic E-state index is 12.7. The van der Waals surface area contributed by atoms with Crippen LogP contribution in [-0.4, -0.2) is 32.9 Å². The molecule has 5 rings (SSSR count). The Morgan fingerprint density at radius 2 is 1.70 bits per heavy atom. The highest BCUT2D eigenvalue weighted by Crippen LogP contribution is 2.35. The number of hydrogen-bond acceptors (Lipinski definition) is 2. The molecule has 0 spiro atoms. The van der Waals surface area contributed by atoms with Gasteiger partial charge in [-0.2, -0.15) is 0 Å². The van der Waals surface area contributed by atoms with Crippen LogP contribution in [0.25, 0.3) is 11.0 Å². The Hall–Kier alpha value is -2.62. The number of carbonyl (C=O) groups excluding carboxylic acids is 1. The first kappa shape index (κ1) is 16.5. The molecule has 138 valence electrons. The third-order valence-electron chi connectivity index (χ3n) is 6.16. The van der Waals surface area contributed by atoms with E-state index >= 15 is 0 Å². The second kappa shape index (κ2) is 6.84. The van der Waals surface area contributed by atoms with E-state index in [1.165, 1.54) is 31.2 Å². The molecule has 1 saturated carbocycles. The first-order valence-electron chi connectivity index (χ1n) is 10.1. The Morgan fingerprint density at radius 3 is 2.52 bits per heavy atom. The molecule has 1 aliphatic heterocycles. The zero-order valence-electron chi connectivity index (χ0n) is 15.6. The van der Waals surface area contributed by atoms with Crippen molar-refractivity contribution in [3.63, 3.8) is 0 Å². The van der Waals surface area contributed by atoms with Gasteiger partial charge in [0.1, 0.15) is 5.82 Å². The zero-order valence-corrected chi connectivity index (χ0v) is 15.6. The molecule has 2 fully saturated rings. The summed E-state index contributed by atoms with van der Waals surface area (Å²) in [5, 5.41) is 0. The largest absolute Gasteiger partial charge is 0.339 e. The third kappa shape index (κ3) is 3.03. The van der Waals surface area contributed by atoms with Crippen molar-refractivity contribution in [2.45, 2.75) is 50.6 Å². The highest BCUT2D eigenvalue weighted by Gasteiger charge is 2.38. The number of fused-ring (bicyclic) bond motifs is 1. The number of nitrogens with zero attached hydrogens (tertiary/aromatic N) is 3. The molecule has 1 saturated heterocycles. The number of para-hydroxylation sites is 2. The summed E-state index contributed by atoms with van der Waals surface area (Å²) in [6.45, 7) is 1.62. The first-order valence-corrected chi connectivity index (χ1v) is 10.1. The van der Waals surface area contributed by atoms with E-state index in [1.807, 2.05) is 12.1 Å². The molecule has 27 heavy (non-hydrogen) atoms. The van der Waals surface area contributed by atoms with E-state index in [9.17, 15) is 4.79 Å². The molecule has 0 radical (unpaired) electrons. The highest BCUT2D eigenvalue weighted by atomic mass is 16.2. The summed E-state index contributed by atoms with van der Waals surface area (Å²) in [7, 11) is 0. The summed E-state index contributed by atoms with van der Waals surface area (Å²) in [5.41, 5.74) is 3.44. The predicted molar refractivity (Wildman–Crippen MR) is 107 cm³/mol. The van der Waals surface area contributed by atoms with Gasteiger partial charge >= 0.3 is 0 Å².